The van der Waals surface area contributed by atoms with Crippen LogP contribution in [0, 0.1) is 5.82 Å². The summed E-state index contributed by atoms with van der Waals surface area (Å²) >= 11 is 12.3. The molecule has 0 aliphatic rings. The fourth-order valence-corrected chi connectivity index (χ4v) is 3.21. The molecule has 6 heteroatoms. The van der Waals surface area contributed by atoms with Gasteiger partial charge in [-0.25, -0.2) is 4.39 Å². The molecule has 0 aliphatic carbocycles. The van der Waals surface area contributed by atoms with E-state index in [1.807, 2.05) is 42.5 Å². The first-order valence-corrected chi connectivity index (χ1v) is 9.51. The molecule has 0 saturated carbocycles. The predicted molar refractivity (Wildman–Crippen MR) is 111 cm³/mol. The maximum Gasteiger partial charge on any atom is 0.166 e. The van der Waals surface area contributed by atoms with Crippen LogP contribution in [0.4, 0.5) is 4.39 Å². The zero-order valence-corrected chi connectivity index (χ0v) is 16.9. The number of rotatable bonds is 8. The summed E-state index contributed by atoms with van der Waals surface area (Å²) in [6, 6.07) is 17.7. The average Bonchev–Trinajstić information content (AvgIpc) is 2.69. The van der Waals surface area contributed by atoms with Gasteiger partial charge >= 0.3 is 0 Å². The first-order chi connectivity index (χ1) is 13.6. The van der Waals surface area contributed by atoms with Crippen LogP contribution in [0.3, 0.4) is 0 Å². The van der Waals surface area contributed by atoms with Crippen molar-refractivity contribution in [1.82, 2.24) is 5.32 Å². The molecule has 0 fully saturated rings. The van der Waals surface area contributed by atoms with Gasteiger partial charge in [0.05, 0.1) is 12.1 Å². The van der Waals surface area contributed by atoms with Gasteiger partial charge in [-0.05, 0) is 29.8 Å². The van der Waals surface area contributed by atoms with Gasteiger partial charge in [-0.1, -0.05) is 59.6 Å². The van der Waals surface area contributed by atoms with E-state index < -0.39 is 0 Å². The Balaban J connectivity index is 1.72. The van der Waals surface area contributed by atoms with E-state index in [-0.39, 0.29) is 12.4 Å². The topological polar surface area (TPSA) is 30.5 Å². The molecule has 0 spiro atoms. The lowest BCUT2D eigenvalue weighted by atomic mass is 10.1. The second-order valence-electron chi connectivity index (χ2n) is 6.17. The van der Waals surface area contributed by atoms with Crippen LogP contribution in [0.25, 0.3) is 0 Å². The van der Waals surface area contributed by atoms with Gasteiger partial charge in [0.25, 0.3) is 0 Å². The number of hydrogen-bond acceptors (Lipinski definition) is 3. The lowest BCUT2D eigenvalue weighted by molar-refractivity contribution is 0.280. The van der Waals surface area contributed by atoms with E-state index in [1.54, 1.807) is 13.2 Å². The van der Waals surface area contributed by atoms with E-state index in [0.29, 0.717) is 35.2 Å². The van der Waals surface area contributed by atoms with Crippen molar-refractivity contribution in [2.75, 3.05) is 7.11 Å². The van der Waals surface area contributed by atoms with E-state index in [0.717, 1.165) is 16.1 Å². The molecule has 0 atom stereocenters. The van der Waals surface area contributed by atoms with Gasteiger partial charge in [0, 0.05) is 29.2 Å². The maximum absolute atomic E-state index is 13.2. The molecular formula is C22H20Cl2FNO2. The third kappa shape index (κ3) is 5.16. The Bertz CT molecular complexity index is 950. The van der Waals surface area contributed by atoms with E-state index >= 15 is 0 Å². The quantitative estimate of drug-likeness (QED) is 0.484. The zero-order chi connectivity index (χ0) is 19.9. The Labute approximate surface area is 174 Å². The van der Waals surface area contributed by atoms with Crippen molar-refractivity contribution in [2.45, 2.75) is 19.7 Å². The normalized spacial score (nSPS) is 10.7. The van der Waals surface area contributed by atoms with E-state index in [2.05, 4.69) is 5.32 Å². The molecule has 0 unspecified atom stereocenters. The highest BCUT2D eigenvalue weighted by atomic mass is 35.5. The first-order valence-electron chi connectivity index (χ1n) is 8.75. The van der Waals surface area contributed by atoms with Gasteiger partial charge in [0.1, 0.15) is 12.4 Å². The summed E-state index contributed by atoms with van der Waals surface area (Å²) in [5.41, 5.74) is 2.65. The van der Waals surface area contributed by atoms with E-state index in [1.165, 1.54) is 12.1 Å². The van der Waals surface area contributed by atoms with Crippen molar-refractivity contribution in [3.05, 3.63) is 93.2 Å². The van der Waals surface area contributed by atoms with Gasteiger partial charge in [0.2, 0.25) is 0 Å². The molecule has 0 bridgehead atoms. The Morgan fingerprint density at radius 3 is 2.36 bits per heavy atom. The Kier molecular flexibility index (Phi) is 7.15. The summed E-state index contributed by atoms with van der Waals surface area (Å²) in [5, 5.41) is 4.42. The van der Waals surface area contributed by atoms with Gasteiger partial charge < -0.3 is 14.8 Å². The van der Waals surface area contributed by atoms with Crippen LogP contribution in [0.1, 0.15) is 16.7 Å². The summed E-state index contributed by atoms with van der Waals surface area (Å²) < 4.78 is 24.7. The molecule has 0 heterocycles. The van der Waals surface area contributed by atoms with Crippen LogP contribution in [0.5, 0.6) is 11.5 Å². The lowest BCUT2D eigenvalue weighted by Gasteiger charge is -2.16. The maximum atomic E-state index is 13.2. The minimum atomic E-state index is -0.379. The molecule has 0 aromatic heterocycles. The van der Waals surface area contributed by atoms with Crippen molar-refractivity contribution >= 4 is 23.2 Å². The van der Waals surface area contributed by atoms with Crippen molar-refractivity contribution in [3.8, 4) is 11.5 Å². The van der Waals surface area contributed by atoms with Crippen molar-refractivity contribution in [1.29, 1.82) is 0 Å². The highest BCUT2D eigenvalue weighted by molar-refractivity contribution is 6.31. The lowest BCUT2D eigenvalue weighted by Crippen LogP contribution is -2.14. The minimum absolute atomic E-state index is 0.205. The highest BCUT2D eigenvalue weighted by Crippen LogP contribution is 2.32. The van der Waals surface area contributed by atoms with Gasteiger partial charge in [-0.3, -0.25) is 0 Å². The third-order valence-corrected chi connectivity index (χ3v) is 4.98. The molecular weight excluding hydrogens is 400 g/mol. The van der Waals surface area contributed by atoms with Crippen molar-refractivity contribution < 1.29 is 13.9 Å². The van der Waals surface area contributed by atoms with Crippen molar-refractivity contribution in [3.63, 3.8) is 0 Å². The van der Waals surface area contributed by atoms with Crippen LogP contribution in [-0.2, 0) is 19.7 Å². The Hall–Kier alpha value is -2.27. The fraction of sp³-hybridized carbons (Fsp3) is 0.182. The molecule has 0 amide bonds. The molecule has 3 aromatic carbocycles. The standard InChI is InChI=1S/C22H20Cl2FNO2/c1-27-21-8-4-6-16(13-26-12-15-5-2-3-7-19(15)23)22(21)28-14-17-9-10-18(25)11-20(17)24/h2-11,26H,12-14H2,1H3. The van der Waals surface area contributed by atoms with E-state index in [4.69, 9.17) is 32.7 Å². The smallest absolute Gasteiger partial charge is 0.166 e. The van der Waals surface area contributed by atoms with Crippen LogP contribution in [0.2, 0.25) is 10.0 Å². The fourth-order valence-electron chi connectivity index (χ4n) is 2.79. The van der Waals surface area contributed by atoms with Gasteiger partial charge in [0.15, 0.2) is 11.5 Å². The number of nitrogens with one attached hydrogen (secondary N) is 1. The van der Waals surface area contributed by atoms with Gasteiger partial charge in [-0.15, -0.1) is 0 Å². The molecule has 0 saturated heterocycles. The largest absolute Gasteiger partial charge is 0.493 e. The monoisotopic (exact) mass is 419 g/mol. The number of benzene rings is 3. The number of ether oxygens (including phenoxy) is 2. The summed E-state index contributed by atoms with van der Waals surface area (Å²) in [5.74, 6) is 0.864. The molecule has 28 heavy (non-hydrogen) atoms. The average molecular weight is 420 g/mol. The summed E-state index contributed by atoms with van der Waals surface area (Å²) in [7, 11) is 1.59. The highest BCUT2D eigenvalue weighted by Gasteiger charge is 2.12. The van der Waals surface area contributed by atoms with Crippen LogP contribution >= 0.6 is 23.2 Å². The minimum Gasteiger partial charge on any atom is -0.493 e. The SMILES string of the molecule is COc1cccc(CNCc2ccccc2Cl)c1OCc1ccc(F)cc1Cl. The number of halogens is 3. The molecule has 3 rings (SSSR count). The number of methoxy groups -OCH3 is 1. The zero-order valence-electron chi connectivity index (χ0n) is 15.3. The molecule has 0 radical (unpaired) electrons. The summed E-state index contributed by atoms with van der Waals surface area (Å²) in [6.07, 6.45) is 0. The van der Waals surface area contributed by atoms with Crippen LogP contribution in [-0.4, -0.2) is 7.11 Å². The molecule has 0 aliphatic heterocycles. The number of para-hydroxylation sites is 1. The predicted octanol–water partition coefficient (Wildman–Crippen LogP) is 6.01. The second kappa shape index (κ2) is 9.78. The van der Waals surface area contributed by atoms with Crippen molar-refractivity contribution in [2.24, 2.45) is 0 Å². The van der Waals surface area contributed by atoms with Crippen LogP contribution in [0.15, 0.2) is 60.7 Å². The molecule has 146 valence electrons. The Morgan fingerprint density at radius 1 is 0.857 bits per heavy atom. The second-order valence-corrected chi connectivity index (χ2v) is 6.98. The molecule has 3 aromatic rings. The number of hydrogen-bond donors (Lipinski definition) is 1. The summed E-state index contributed by atoms with van der Waals surface area (Å²) in [4.78, 5) is 0. The van der Waals surface area contributed by atoms with Crippen LogP contribution < -0.4 is 14.8 Å². The summed E-state index contributed by atoms with van der Waals surface area (Å²) in [6.45, 7) is 1.39. The van der Waals surface area contributed by atoms with Gasteiger partial charge in [-0.2, -0.15) is 0 Å². The molecule has 1 N–H and O–H groups in total. The molecule has 3 nitrogen and oxygen atoms in total. The Morgan fingerprint density at radius 2 is 1.61 bits per heavy atom. The van der Waals surface area contributed by atoms with E-state index in [9.17, 15) is 4.39 Å². The third-order valence-electron chi connectivity index (χ3n) is 4.26. The first kappa shape index (κ1) is 20.5.